The van der Waals surface area contributed by atoms with Crippen molar-refractivity contribution in [3.05, 3.63) is 59.7 Å². The van der Waals surface area contributed by atoms with E-state index in [9.17, 15) is 4.79 Å². The minimum absolute atomic E-state index is 0.0484. The highest BCUT2D eigenvalue weighted by atomic mass is 16.6. The van der Waals surface area contributed by atoms with Crippen LogP contribution in [0.25, 0.3) is 11.1 Å². The Morgan fingerprint density at radius 2 is 0.776 bits per heavy atom. The fourth-order valence-electron chi connectivity index (χ4n) is 5.66. The fraction of sp³-hybridized carbons (Fsp3) is 0.698. The molecule has 1 aliphatic carbocycles. The Bertz CT molecular complexity index is 1230. The lowest BCUT2D eigenvalue weighted by Gasteiger charge is -2.14. The van der Waals surface area contributed by atoms with E-state index < -0.39 is 6.09 Å². The summed E-state index contributed by atoms with van der Waals surface area (Å²) >= 11 is 0. The number of amides is 1. The average Bonchev–Trinajstić information content (AvgIpc) is 3.55. The first kappa shape index (κ1) is 49.6. The van der Waals surface area contributed by atoms with Crippen LogP contribution in [0.15, 0.2) is 48.5 Å². The molecule has 0 spiro atoms. The molecule has 0 aliphatic heterocycles. The second-order valence-electron chi connectivity index (χ2n) is 13.3. The van der Waals surface area contributed by atoms with Crippen LogP contribution in [0.4, 0.5) is 4.79 Å². The molecule has 2 aromatic carbocycles. The molecule has 15 nitrogen and oxygen atoms in total. The van der Waals surface area contributed by atoms with Gasteiger partial charge in [0, 0.05) is 19.1 Å². The number of rotatable bonds is 40. The van der Waals surface area contributed by atoms with Gasteiger partial charge in [-0.2, -0.15) is 0 Å². The van der Waals surface area contributed by atoms with Gasteiger partial charge in [0.05, 0.1) is 151 Å². The lowest BCUT2D eigenvalue weighted by molar-refractivity contribution is -0.0293. The molecule has 0 heterocycles. The van der Waals surface area contributed by atoms with Crippen LogP contribution in [-0.2, 0) is 61.6 Å². The Hall–Kier alpha value is -2.77. The van der Waals surface area contributed by atoms with Crippen molar-refractivity contribution in [3.63, 3.8) is 0 Å². The zero-order valence-electron chi connectivity index (χ0n) is 34.9. The van der Waals surface area contributed by atoms with Gasteiger partial charge in [-0.1, -0.05) is 48.5 Å². The number of hydrogen-bond acceptors (Lipinski definition) is 14. The molecule has 0 saturated heterocycles. The number of carbonyl (C=O) groups is 1. The number of nitrogens with one attached hydrogen (secondary N) is 1. The predicted molar refractivity (Wildman–Crippen MR) is 218 cm³/mol. The Morgan fingerprint density at radius 3 is 1.12 bits per heavy atom. The largest absolute Gasteiger partial charge is 0.449 e. The Labute approximate surface area is 345 Å². The summed E-state index contributed by atoms with van der Waals surface area (Å²) in [5.74, 6) is 0.0484. The maximum atomic E-state index is 12.3. The van der Waals surface area contributed by atoms with Gasteiger partial charge >= 0.3 is 6.09 Å². The first-order valence-corrected chi connectivity index (χ1v) is 20.7. The first-order valence-electron chi connectivity index (χ1n) is 20.7. The van der Waals surface area contributed by atoms with E-state index in [4.69, 9.17) is 61.6 Å². The lowest BCUT2D eigenvalue weighted by Crippen LogP contribution is -2.27. The molecule has 1 aliphatic rings. The zero-order valence-corrected chi connectivity index (χ0v) is 34.9. The monoisotopic (exact) mass is 823 g/mol. The highest BCUT2D eigenvalue weighted by Gasteiger charge is 2.28. The van der Waals surface area contributed by atoms with Crippen molar-refractivity contribution in [3.8, 4) is 11.1 Å². The fourth-order valence-corrected chi connectivity index (χ4v) is 5.66. The second-order valence-corrected chi connectivity index (χ2v) is 13.3. The van der Waals surface area contributed by atoms with E-state index in [2.05, 4.69) is 29.6 Å². The quantitative estimate of drug-likeness (QED) is 0.0939. The number of carbonyl (C=O) groups excluding carboxylic acids is 1. The zero-order chi connectivity index (χ0) is 41.0. The third-order valence-corrected chi connectivity index (χ3v) is 8.48. The SMILES string of the molecule is CC(C)OCCOCCOCCOCCOCCOCCOCCOCCOCCOCCOCCOCCCNC(=O)OCC1c2ccccc2-c2ccccc21. The van der Waals surface area contributed by atoms with Crippen LogP contribution >= 0.6 is 0 Å². The highest BCUT2D eigenvalue weighted by molar-refractivity contribution is 5.79. The molecule has 0 saturated carbocycles. The van der Waals surface area contributed by atoms with Crippen molar-refractivity contribution < 1.29 is 66.4 Å². The average molecular weight is 824 g/mol. The molecule has 330 valence electrons. The molecule has 58 heavy (non-hydrogen) atoms. The topological polar surface area (TPSA) is 149 Å². The molecule has 3 rings (SSSR count). The molecular weight excluding hydrogens is 754 g/mol. The van der Waals surface area contributed by atoms with Gasteiger partial charge in [-0.25, -0.2) is 4.79 Å². The van der Waals surface area contributed by atoms with Crippen LogP contribution in [0.2, 0.25) is 0 Å². The van der Waals surface area contributed by atoms with Crippen LogP contribution in [0.1, 0.15) is 37.3 Å². The molecule has 1 amide bonds. The van der Waals surface area contributed by atoms with Crippen LogP contribution in [0.3, 0.4) is 0 Å². The minimum Gasteiger partial charge on any atom is -0.449 e. The summed E-state index contributed by atoms with van der Waals surface area (Å²) in [7, 11) is 0. The van der Waals surface area contributed by atoms with Gasteiger partial charge in [0.25, 0.3) is 0 Å². The van der Waals surface area contributed by atoms with Crippen LogP contribution in [0.5, 0.6) is 0 Å². The van der Waals surface area contributed by atoms with Gasteiger partial charge in [-0.05, 0) is 42.5 Å². The smallest absolute Gasteiger partial charge is 0.407 e. The number of benzene rings is 2. The lowest BCUT2D eigenvalue weighted by atomic mass is 9.98. The molecule has 0 radical (unpaired) electrons. The molecule has 0 bridgehead atoms. The first-order chi connectivity index (χ1) is 28.7. The second kappa shape index (κ2) is 35.0. The van der Waals surface area contributed by atoms with E-state index >= 15 is 0 Å². The summed E-state index contributed by atoms with van der Waals surface area (Å²) in [6.07, 6.45) is 0.493. The van der Waals surface area contributed by atoms with Crippen molar-refractivity contribution in [2.24, 2.45) is 0 Å². The summed E-state index contributed by atoms with van der Waals surface area (Å²) in [5.41, 5.74) is 4.81. The van der Waals surface area contributed by atoms with Crippen molar-refractivity contribution in [1.82, 2.24) is 5.32 Å². The summed E-state index contributed by atoms with van der Waals surface area (Å²) in [5, 5.41) is 2.81. The van der Waals surface area contributed by atoms with Crippen LogP contribution in [0, 0.1) is 0 Å². The summed E-state index contributed by atoms with van der Waals surface area (Å²) in [6.45, 7) is 16.5. The highest BCUT2D eigenvalue weighted by Crippen LogP contribution is 2.44. The Morgan fingerprint density at radius 1 is 0.466 bits per heavy atom. The van der Waals surface area contributed by atoms with Gasteiger partial charge < -0.3 is 66.9 Å². The third-order valence-electron chi connectivity index (χ3n) is 8.48. The molecule has 0 unspecified atom stereocenters. The number of fused-ring (bicyclic) bond motifs is 3. The van der Waals surface area contributed by atoms with Crippen molar-refractivity contribution in [2.75, 3.05) is 165 Å². The van der Waals surface area contributed by atoms with Crippen molar-refractivity contribution in [1.29, 1.82) is 0 Å². The van der Waals surface area contributed by atoms with Crippen LogP contribution < -0.4 is 5.32 Å². The number of ether oxygens (including phenoxy) is 13. The molecule has 0 fully saturated rings. The predicted octanol–water partition coefficient (Wildman–Crippen LogP) is 4.52. The van der Waals surface area contributed by atoms with Gasteiger partial charge in [-0.15, -0.1) is 0 Å². The summed E-state index contributed by atoms with van der Waals surface area (Å²) in [4.78, 5) is 12.3. The van der Waals surface area contributed by atoms with E-state index in [1.165, 1.54) is 22.3 Å². The molecule has 0 aromatic heterocycles. The molecule has 15 heteroatoms. The normalized spacial score (nSPS) is 12.3. The molecular formula is C43H69NO14. The molecule has 2 aromatic rings. The third kappa shape index (κ3) is 24.3. The van der Waals surface area contributed by atoms with E-state index in [1.54, 1.807) is 0 Å². The summed E-state index contributed by atoms with van der Waals surface area (Å²) < 4.78 is 71.5. The van der Waals surface area contributed by atoms with E-state index in [1.807, 2.05) is 38.1 Å². The van der Waals surface area contributed by atoms with Gasteiger partial charge in [0.2, 0.25) is 0 Å². The Balaban J connectivity index is 0.928. The van der Waals surface area contributed by atoms with Crippen molar-refractivity contribution >= 4 is 6.09 Å². The van der Waals surface area contributed by atoms with Crippen molar-refractivity contribution in [2.45, 2.75) is 32.3 Å². The summed E-state index contributed by atoms with van der Waals surface area (Å²) in [6, 6.07) is 16.6. The minimum atomic E-state index is -0.416. The van der Waals surface area contributed by atoms with Gasteiger partial charge in [0.15, 0.2) is 0 Å². The number of hydrogen-bond donors (Lipinski definition) is 1. The van der Waals surface area contributed by atoms with Gasteiger partial charge in [-0.3, -0.25) is 0 Å². The van der Waals surface area contributed by atoms with Crippen LogP contribution in [-0.4, -0.2) is 177 Å². The maximum Gasteiger partial charge on any atom is 0.407 e. The maximum absolute atomic E-state index is 12.3. The van der Waals surface area contributed by atoms with E-state index in [-0.39, 0.29) is 12.0 Å². The molecule has 1 N–H and O–H groups in total. The van der Waals surface area contributed by atoms with Gasteiger partial charge in [0.1, 0.15) is 6.61 Å². The van der Waals surface area contributed by atoms with E-state index in [0.29, 0.717) is 172 Å². The molecule has 0 atom stereocenters. The Kier molecular flexibility index (Phi) is 30.0. The van der Waals surface area contributed by atoms with E-state index in [0.717, 1.165) is 0 Å². The number of alkyl carbamates (subject to hydrolysis) is 1. The standard InChI is InChI=1S/C43H69NO14/c1-37(2)57-35-34-56-33-32-55-31-30-54-29-28-53-27-26-52-25-24-51-23-22-50-21-20-49-19-18-48-17-16-47-15-14-46-13-7-12-44-43(45)58-36-42-40-10-5-3-8-38(40)39-9-4-6-11-41(39)42/h3-6,8-11,37,42H,7,12-36H2,1-2H3,(H,44,45).